The first-order valence-corrected chi connectivity index (χ1v) is 0. The van der Waals surface area contributed by atoms with E-state index in [0.29, 0.717) is 0 Å². The Balaban J connectivity index is 0. The van der Waals surface area contributed by atoms with Gasteiger partial charge in [0.05, 0.1) is 0 Å². The normalized spacial score (nSPS) is 0. The van der Waals surface area contributed by atoms with E-state index in [4.69, 9.17) is 0 Å². The van der Waals surface area contributed by atoms with Gasteiger partial charge < -0.3 is 43.8 Å². The van der Waals surface area contributed by atoms with Crippen molar-refractivity contribution in [2.75, 3.05) is 0 Å². The van der Waals surface area contributed by atoms with E-state index in [0.717, 1.165) is 0 Å². The van der Waals surface area contributed by atoms with E-state index in [-0.39, 0.29) is 95.2 Å². The van der Waals surface area contributed by atoms with Gasteiger partial charge in [-0.05, 0) is 0 Å². The van der Waals surface area contributed by atoms with Gasteiger partial charge in [0.1, 0.15) is 0 Å². The van der Waals surface area contributed by atoms with Crippen LogP contribution in [-0.2, 0) is 0 Å². The van der Waals surface area contributed by atoms with Crippen molar-refractivity contribution < 1.29 is 95.2 Å². The monoisotopic (exact) mass is 183 g/mol. The predicted octanol–water partition coefficient (Wildman–Crippen LogP) is -9.59. The van der Waals surface area contributed by atoms with Gasteiger partial charge in [0.25, 0.3) is 0 Å². The minimum atomic E-state index is 0. The summed E-state index contributed by atoms with van der Waals surface area (Å²) in [6.07, 6.45) is 0. The average molecular weight is 183 g/mol. The van der Waals surface area contributed by atoms with Crippen LogP contribution in [0.3, 0.4) is 0 Å². The summed E-state index contributed by atoms with van der Waals surface area (Å²) in [5.41, 5.74) is 0. The van der Waals surface area contributed by atoms with Crippen molar-refractivity contribution >= 4 is 0 Å². The molecule has 0 atom stereocenters. The summed E-state index contributed by atoms with van der Waals surface area (Å²) in [6.45, 7) is 0. The van der Waals surface area contributed by atoms with E-state index in [9.17, 15) is 0 Å². The molecule has 0 spiro atoms. The van der Waals surface area contributed by atoms with Gasteiger partial charge in [-0.1, -0.05) is 0 Å². The Morgan fingerprint density at radius 1 is 0.222 bits per heavy atom. The maximum absolute atomic E-state index is 0. The van der Waals surface area contributed by atoms with Crippen molar-refractivity contribution in [1.82, 2.24) is 0 Å². The van der Waals surface area contributed by atoms with E-state index in [2.05, 4.69) is 0 Å². The van der Waals surface area contributed by atoms with E-state index in [1.54, 1.807) is 0 Å². The standard InChI is InChI=1S/K.8H2O/h;8*1H2/q+1;;;;;;;;. The molecule has 64 valence electrons. The van der Waals surface area contributed by atoms with Crippen molar-refractivity contribution in [2.45, 2.75) is 0 Å². The van der Waals surface area contributed by atoms with Gasteiger partial charge in [-0.2, -0.15) is 0 Å². The summed E-state index contributed by atoms with van der Waals surface area (Å²) in [4.78, 5) is 0. The van der Waals surface area contributed by atoms with Crippen molar-refractivity contribution in [3.8, 4) is 0 Å². The SMILES string of the molecule is O.O.O.O.O.O.O.O.[K+]. The molecule has 8 nitrogen and oxygen atoms in total. The third-order valence-corrected chi connectivity index (χ3v) is 0. The zero-order valence-corrected chi connectivity index (χ0v) is 8.12. The second kappa shape index (κ2) is 372. The minimum absolute atomic E-state index is 0. The Morgan fingerprint density at radius 3 is 0.222 bits per heavy atom. The van der Waals surface area contributed by atoms with E-state index in [1.807, 2.05) is 0 Å². The molecule has 0 unspecified atom stereocenters. The van der Waals surface area contributed by atoms with Crippen LogP contribution in [-0.4, -0.2) is 43.8 Å². The molecular formula is H16KO8+. The Kier molecular flexibility index (Phi) is 21300. The fourth-order valence-electron chi connectivity index (χ4n) is 0. The van der Waals surface area contributed by atoms with Crippen LogP contribution in [0, 0.1) is 0 Å². The largest absolute Gasteiger partial charge is 1.00 e. The molecule has 0 bridgehead atoms. The minimum Gasteiger partial charge on any atom is -0.412 e. The number of hydrogen-bond acceptors (Lipinski definition) is 0. The molecule has 0 saturated heterocycles. The van der Waals surface area contributed by atoms with Gasteiger partial charge in [0.15, 0.2) is 0 Å². The quantitative estimate of drug-likeness (QED) is 0.317. The van der Waals surface area contributed by atoms with Crippen LogP contribution in [0.15, 0.2) is 0 Å². The fourth-order valence-corrected chi connectivity index (χ4v) is 0. The topological polar surface area (TPSA) is 252 Å². The maximum Gasteiger partial charge on any atom is 1.00 e. The third-order valence-electron chi connectivity index (χ3n) is 0. The summed E-state index contributed by atoms with van der Waals surface area (Å²) >= 11 is 0. The van der Waals surface area contributed by atoms with Crippen molar-refractivity contribution in [2.24, 2.45) is 0 Å². The first kappa shape index (κ1) is 517. The van der Waals surface area contributed by atoms with Gasteiger partial charge in [0.2, 0.25) is 0 Å². The number of hydrogen-bond donors (Lipinski definition) is 0. The molecule has 0 amide bonds. The molecular weight excluding hydrogens is 167 g/mol. The average Bonchev–Trinajstić information content (AvgIpc) is 0. The van der Waals surface area contributed by atoms with Crippen LogP contribution in [0.5, 0.6) is 0 Å². The molecule has 0 aliphatic rings. The molecule has 0 aromatic rings. The van der Waals surface area contributed by atoms with Crippen molar-refractivity contribution in [3.05, 3.63) is 0 Å². The van der Waals surface area contributed by atoms with Crippen molar-refractivity contribution in [1.29, 1.82) is 0 Å². The van der Waals surface area contributed by atoms with Crippen LogP contribution in [0.1, 0.15) is 0 Å². The Bertz CT molecular complexity index is 4.53. The van der Waals surface area contributed by atoms with E-state index in [1.165, 1.54) is 0 Å². The van der Waals surface area contributed by atoms with Gasteiger partial charge in [-0.15, -0.1) is 0 Å². The Morgan fingerprint density at radius 2 is 0.222 bits per heavy atom. The molecule has 9 heavy (non-hydrogen) atoms. The van der Waals surface area contributed by atoms with Gasteiger partial charge in [0, 0.05) is 0 Å². The Hall–Kier alpha value is 1.32. The zero-order valence-electron chi connectivity index (χ0n) is 5.00. The molecule has 0 aromatic carbocycles. The molecule has 0 rings (SSSR count). The van der Waals surface area contributed by atoms with Crippen LogP contribution in [0.2, 0.25) is 0 Å². The van der Waals surface area contributed by atoms with Crippen LogP contribution >= 0.6 is 0 Å². The molecule has 0 radical (unpaired) electrons. The van der Waals surface area contributed by atoms with Gasteiger partial charge in [-0.25, -0.2) is 0 Å². The van der Waals surface area contributed by atoms with Crippen LogP contribution in [0.25, 0.3) is 0 Å². The maximum atomic E-state index is 0. The number of rotatable bonds is 0. The molecule has 0 heterocycles. The summed E-state index contributed by atoms with van der Waals surface area (Å²) in [5, 5.41) is 0. The first-order chi connectivity index (χ1) is 0. The summed E-state index contributed by atoms with van der Waals surface area (Å²) in [6, 6.07) is 0. The first-order valence-electron chi connectivity index (χ1n) is 0. The Labute approximate surface area is 94.1 Å². The molecule has 0 aliphatic heterocycles. The third kappa shape index (κ3) is 288. The van der Waals surface area contributed by atoms with Gasteiger partial charge in [-0.3, -0.25) is 0 Å². The van der Waals surface area contributed by atoms with Crippen LogP contribution < -0.4 is 51.4 Å². The van der Waals surface area contributed by atoms with E-state index < -0.39 is 0 Å². The zero-order chi connectivity index (χ0) is 0. The smallest absolute Gasteiger partial charge is 0.412 e. The second-order valence-corrected chi connectivity index (χ2v) is 0. The van der Waals surface area contributed by atoms with Crippen LogP contribution in [0.4, 0.5) is 0 Å². The molecule has 0 aliphatic carbocycles. The summed E-state index contributed by atoms with van der Waals surface area (Å²) in [5.74, 6) is 0. The molecule has 0 aromatic heterocycles. The predicted molar refractivity (Wildman–Crippen MR) is 28.9 cm³/mol. The van der Waals surface area contributed by atoms with Crippen molar-refractivity contribution in [3.63, 3.8) is 0 Å². The molecule has 0 saturated carbocycles. The molecule has 16 N–H and O–H groups in total. The molecule has 0 fully saturated rings. The second-order valence-electron chi connectivity index (χ2n) is 0. The summed E-state index contributed by atoms with van der Waals surface area (Å²) in [7, 11) is 0. The molecule has 9 heteroatoms. The summed E-state index contributed by atoms with van der Waals surface area (Å²) < 4.78 is 0. The van der Waals surface area contributed by atoms with Gasteiger partial charge >= 0.3 is 51.4 Å². The van der Waals surface area contributed by atoms with E-state index >= 15 is 0 Å². The fraction of sp³-hybridized carbons (Fsp3) is 0.